The Labute approximate surface area is 116 Å². The summed E-state index contributed by atoms with van der Waals surface area (Å²) in [5, 5.41) is 3.21. The molecule has 0 aliphatic heterocycles. The van der Waals surface area contributed by atoms with Gasteiger partial charge < -0.3 is 15.8 Å². The van der Waals surface area contributed by atoms with Gasteiger partial charge in [0.25, 0.3) is 0 Å². The van der Waals surface area contributed by atoms with Gasteiger partial charge in [0.1, 0.15) is 0 Å². The molecular weight excluding hydrogens is 240 g/mol. The number of carbonyl (C=O) groups excluding carboxylic acids is 1. The van der Waals surface area contributed by atoms with Crippen LogP contribution in [-0.4, -0.2) is 30.7 Å². The molecule has 2 aliphatic carbocycles. The smallest absolute Gasteiger partial charge is 0.240 e. The first-order chi connectivity index (χ1) is 9.02. The second-order valence-corrected chi connectivity index (χ2v) is 6.29. The lowest BCUT2D eigenvalue weighted by atomic mass is 9.58. The van der Waals surface area contributed by atoms with Crippen molar-refractivity contribution in [3.63, 3.8) is 0 Å². The van der Waals surface area contributed by atoms with Crippen molar-refractivity contribution in [3.8, 4) is 0 Å². The molecule has 110 valence electrons. The Kier molecular flexibility index (Phi) is 4.21. The minimum atomic E-state index is -0.620. The van der Waals surface area contributed by atoms with Crippen LogP contribution in [0.3, 0.4) is 0 Å². The Morgan fingerprint density at radius 1 is 1.32 bits per heavy atom. The van der Waals surface area contributed by atoms with Crippen LogP contribution in [0.1, 0.15) is 58.8 Å². The van der Waals surface area contributed by atoms with Crippen molar-refractivity contribution >= 4 is 5.91 Å². The van der Waals surface area contributed by atoms with Crippen molar-refractivity contribution in [1.29, 1.82) is 0 Å². The van der Waals surface area contributed by atoms with Crippen molar-refractivity contribution in [2.24, 2.45) is 11.1 Å². The predicted octanol–water partition coefficient (Wildman–Crippen LogP) is 1.97. The quantitative estimate of drug-likeness (QED) is 0.801. The van der Waals surface area contributed by atoms with Crippen LogP contribution in [0, 0.1) is 5.41 Å². The number of nitrogens with two attached hydrogens (primary N) is 1. The predicted molar refractivity (Wildman–Crippen MR) is 75.7 cm³/mol. The number of hydrogen-bond acceptors (Lipinski definition) is 3. The molecule has 0 aromatic rings. The number of methoxy groups -OCH3 is 1. The number of hydrogen-bond donors (Lipinski definition) is 2. The van der Waals surface area contributed by atoms with Crippen LogP contribution >= 0.6 is 0 Å². The van der Waals surface area contributed by atoms with Crippen molar-refractivity contribution in [3.05, 3.63) is 0 Å². The number of ether oxygens (including phenoxy) is 1. The first-order valence-electron chi connectivity index (χ1n) is 7.65. The summed E-state index contributed by atoms with van der Waals surface area (Å²) in [6.07, 6.45) is 7.04. The molecule has 0 saturated heterocycles. The van der Waals surface area contributed by atoms with Crippen LogP contribution in [-0.2, 0) is 9.53 Å². The van der Waals surface area contributed by atoms with Gasteiger partial charge in [0.05, 0.1) is 11.6 Å². The lowest BCUT2D eigenvalue weighted by Gasteiger charge is -2.55. The third kappa shape index (κ3) is 2.29. The molecule has 2 unspecified atom stereocenters. The number of nitrogens with one attached hydrogen (secondary N) is 1. The van der Waals surface area contributed by atoms with E-state index in [2.05, 4.69) is 19.2 Å². The van der Waals surface area contributed by atoms with Crippen molar-refractivity contribution < 1.29 is 9.53 Å². The van der Waals surface area contributed by atoms with E-state index < -0.39 is 5.54 Å². The van der Waals surface area contributed by atoms with E-state index in [9.17, 15) is 4.79 Å². The first-order valence-corrected chi connectivity index (χ1v) is 7.65. The second kappa shape index (κ2) is 5.41. The Hall–Kier alpha value is -0.610. The highest BCUT2D eigenvalue weighted by Gasteiger charge is 2.54. The fraction of sp³-hybridized carbons (Fsp3) is 0.933. The normalized spacial score (nSPS) is 31.8. The van der Waals surface area contributed by atoms with Gasteiger partial charge >= 0.3 is 0 Å². The molecule has 0 spiro atoms. The monoisotopic (exact) mass is 268 g/mol. The molecule has 1 amide bonds. The van der Waals surface area contributed by atoms with Crippen LogP contribution in [0.4, 0.5) is 0 Å². The molecule has 2 saturated carbocycles. The maximum absolute atomic E-state index is 12.4. The zero-order valence-electron chi connectivity index (χ0n) is 12.5. The molecule has 2 aliphatic rings. The van der Waals surface area contributed by atoms with E-state index >= 15 is 0 Å². The van der Waals surface area contributed by atoms with E-state index in [1.54, 1.807) is 7.11 Å². The van der Waals surface area contributed by atoms with Crippen molar-refractivity contribution in [2.75, 3.05) is 7.11 Å². The highest BCUT2D eigenvalue weighted by molar-refractivity contribution is 5.86. The fourth-order valence-electron chi connectivity index (χ4n) is 4.01. The highest BCUT2D eigenvalue weighted by Crippen LogP contribution is 2.48. The molecule has 19 heavy (non-hydrogen) atoms. The van der Waals surface area contributed by atoms with Crippen LogP contribution in [0.25, 0.3) is 0 Å². The zero-order chi connectivity index (χ0) is 14.1. The Bertz CT molecular complexity index is 333. The SMILES string of the molecule is CCC1(CC)C(NC(=O)C2(N)CCCC2)CC1OC. The average Bonchev–Trinajstić information content (AvgIpc) is 2.83. The number of carbonyl (C=O) groups is 1. The summed E-state index contributed by atoms with van der Waals surface area (Å²) in [4.78, 5) is 12.4. The van der Waals surface area contributed by atoms with Crippen LogP contribution in [0.15, 0.2) is 0 Å². The fourth-order valence-corrected chi connectivity index (χ4v) is 4.01. The van der Waals surface area contributed by atoms with Gasteiger partial charge in [-0.05, 0) is 32.1 Å². The van der Waals surface area contributed by atoms with E-state index in [1.807, 2.05) is 0 Å². The molecule has 3 N–H and O–H groups in total. The summed E-state index contributed by atoms with van der Waals surface area (Å²) in [6, 6.07) is 0.223. The average molecular weight is 268 g/mol. The maximum Gasteiger partial charge on any atom is 0.240 e. The van der Waals surface area contributed by atoms with Crippen molar-refractivity contribution in [2.45, 2.75) is 76.5 Å². The number of amides is 1. The maximum atomic E-state index is 12.4. The first kappa shape index (κ1) is 14.8. The topological polar surface area (TPSA) is 64.4 Å². The van der Waals surface area contributed by atoms with Crippen LogP contribution in [0.5, 0.6) is 0 Å². The lowest BCUT2D eigenvalue weighted by molar-refractivity contribution is -0.144. The van der Waals surface area contributed by atoms with Gasteiger partial charge in [0.15, 0.2) is 0 Å². The second-order valence-electron chi connectivity index (χ2n) is 6.29. The minimum Gasteiger partial charge on any atom is -0.381 e. The van der Waals surface area contributed by atoms with Gasteiger partial charge in [-0.1, -0.05) is 26.7 Å². The van der Waals surface area contributed by atoms with E-state index in [0.29, 0.717) is 0 Å². The van der Waals surface area contributed by atoms with E-state index in [1.165, 1.54) is 0 Å². The molecule has 0 radical (unpaired) electrons. The summed E-state index contributed by atoms with van der Waals surface area (Å²) in [6.45, 7) is 4.36. The molecule has 2 atom stereocenters. The lowest BCUT2D eigenvalue weighted by Crippen LogP contribution is -2.67. The van der Waals surface area contributed by atoms with Gasteiger partial charge in [-0.15, -0.1) is 0 Å². The van der Waals surface area contributed by atoms with Crippen LogP contribution < -0.4 is 11.1 Å². The Morgan fingerprint density at radius 2 is 1.89 bits per heavy atom. The van der Waals surface area contributed by atoms with Gasteiger partial charge in [0.2, 0.25) is 5.91 Å². The molecule has 0 aromatic heterocycles. The zero-order valence-corrected chi connectivity index (χ0v) is 12.5. The minimum absolute atomic E-state index is 0.0517. The van der Waals surface area contributed by atoms with Gasteiger partial charge in [-0.2, -0.15) is 0 Å². The Balaban J connectivity index is 2.01. The molecule has 2 rings (SSSR count). The van der Waals surface area contributed by atoms with Gasteiger partial charge in [-0.3, -0.25) is 4.79 Å². The molecule has 2 fully saturated rings. The molecule has 4 nitrogen and oxygen atoms in total. The van der Waals surface area contributed by atoms with Gasteiger partial charge in [-0.25, -0.2) is 0 Å². The summed E-state index contributed by atoms with van der Waals surface area (Å²) >= 11 is 0. The summed E-state index contributed by atoms with van der Waals surface area (Å²) in [7, 11) is 1.77. The molecule has 0 heterocycles. The third-order valence-corrected chi connectivity index (χ3v) is 5.64. The Morgan fingerprint density at radius 3 is 2.37 bits per heavy atom. The van der Waals surface area contributed by atoms with E-state index in [-0.39, 0.29) is 23.5 Å². The van der Waals surface area contributed by atoms with E-state index in [0.717, 1.165) is 44.9 Å². The largest absolute Gasteiger partial charge is 0.381 e. The summed E-state index contributed by atoms with van der Waals surface area (Å²) < 4.78 is 5.56. The molecule has 0 aromatic carbocycles. The number of rotatable bonds is 5. The summed E-state index contributed by atoms with van der Waals surface area (Å²) in [5.74, 6) is 0.0517. The standard InChI is InChI=1S/C15H28N2O2/c1-4-14(5-2)11(10-12(14)19-3)17-13(18)15(16)8-6-7-9-15/h11-12H,4-10,16H2,1-3H3,(H,17,18). The summed E-state index contributed by atoms with van der Waals surface area (Å²) in [5.41, 5.74) is 5.70. The van der Waals surface area contributed by atoms with Crippen molar-refractivity contribution in [1.82, 2.24) is 5.32 Å². The third-order valence-electron chi connectivity index (χ3n) is 5.64. The molecular formula is C15H28N2O2. The molecule has 4 heteroatoms. The van der Waals surface area contributed by atoms with Crippen LogP contribution in [0.2, 0.25) is 0 Å². The van der Waals surface area contributed by atoms with Gasteiger partial charge in [0, 0.05) is 18.6 Å². The highest BCUT2D eigenvalue weighted by atomic mass is 16.5. The molecule has 0 bridgehead atoms. The van der Waals surface area contributed by atoms with E-state index in [4.69, 9.17) is 10.5 Å².